The van der Waals surface area contributed by atoms with Gasteiger partial charge in [-0.1, -0.05) is 30.1 Å². The van der Waals surface area contributed by atoms with Gasteiger partial charge in [-0.15, -0.1) is 0 Å². The molecular weight excluding hydrogens is 292 g/mol. The van der Waals surface area contributed by atoms with Crippen molar-refractivity contribution >= 4 is 29.3 Å². The third-order valence-corrected chi connectivity index (χ3v) is 5.48. The highest BCUT2D eigenvalue weighted by Gasteiger charge is 2.29. The molecule has 1 aromatic carbocycles. The molecule has 0 fully saturated rings. The number of allylic oxidation sites excluding steroid dienone is 2. The van der Waals surface area contributed by atoms with Crippen molar-refractivity contribution in [1.29, 1.82) is 0 Å². The molecule has 1 aromatic rings. The zero-order valence-corrected chi connectivity index (χ0v) is 13.5. The highest BCUT2D eigenvalue weighted by molar-refractivity contribution is 8.24. The predicted octanol–water partition coefficient (Wildman–Crippen LogP) is 4.28. The first-order chi connectivity index (χ1) is 9.49. The molecule has 5 heteroatoms. The zero-order chi connectivity index (χ0) is 14.9. The summed E-state index contributed by atoms with van der Waals surface area (Å²) in [7, 11) is 3.28. The molecule has 0 radical (unpaired) electrons. The lowest BCUT2D eigenvalue weighted by Crippen LogP contribution is -1.98. The van der Waals surface area contributed by atoms with Gasteiger partial charge in [0.05, 0.1) is 28.2 Å². The van der Waals surface area contributed by atoms with Crippen molar-refractivity contribution in [2.75, 3.05) is 14.2 Å². The number of benzene rings is 1. The SMILES string of the molecule is C=C(C)C(C(C)=O)=C1Sc2c(OC)ccc(OC)c2S1. The Bertz CT molecular complexity index is 567. The van der Waals surface area contributed by atoms with Crippen LogP contribution in [-0.4, -0.2) is 20.0 Å². The summed E-state index contributed by atoms with van der Waals surface area (Å²) in [5.41, 5.74) is 1.46. The molecule has 106 valence electrons. The number of ether oxygens (including phenoxy) is 2. The Hall–Kier alpha value is -1.33. The van der Waals surface area contributed by atoms with E-state index in [1.54, 1.807) is 21.1 Å². The van der Waals surface area contributed by atoms with Gasteiger partial charge in [0.2, 0.25) is 0 Å². The number of carbonyl (C=O) groups is 1. The number of Topliss-reactive ketones (excluding diaryl/α,β-unsaturated/α-hetero) is 1. The van der Waals surface area contributed by atoms with Crippen LogP contribution in [0.15, 0.2) is 43.9 Å². The number of hydrogen-bond donors (Lipinski definition) is 0. The summed E-state index contributed by atoms with van der Waals surface area (Å²) in [6.07, 6.45) is 0. The van der Waals surface area contributed by atoms with Crippen LogP contribution < -0.4 is 9.47 Å². The molecule has 0 saturated carbocycles. The fourth-order valence-corrected chi connectivity index (χ4v) is 4.99. The molecule has 0 N–H and O–H groups in total. The molecule has 0 saturated heterocycles. The highest BCUT2D eigenvalue weighted by Crippen LogP contribution is 2.59. The van der Waals surface area contributed by atoms with E-state index < -0.39 is 0 Å². The van der Waals surface area contributed by atoms with Gasteiger partial charge in [-0.2, -0.15) is 0 Å². The van der Waals surface area contributed by atoms with Crippen molar-refractivity contribution in [3.05, 3.63) is 34.1 Å². The quantitative estimate of drug-likeness (QED) is 0.776. The highest BCUT2D eigenvalue weighted by atomic mass is 32.2. The second-order valence-corrected chi connectivity index (χ2v) is 6.63. The third-order valence-electron chi connectivity index (χ3n) is 2.85. The zero-order valence-electron chi connectivity index (χ0n) is 11.9. The van der Waals surface area contributed by atoms with E-state index in [0.29, 0.717) is 5.57 Å². The van der Waals surface area contributed by atoms with Crippen LogP contribution in [0.4, 0.5) is 0 Å². The Labute approximate surface area is 127 Å². The van der Waals surface area contributed by atoms with Crippen molar-refractivity contribution < 1.29 is 14.3 Å². The number of fused-ring (bicyclic) bond motifs is 1. The number of carbonyl (C=O) groups excluding carboxylic acids is 1. The van der Waals surface area contributed by atoms with Gasteiger partial charge in [0.15, 0.2) is 5.78 Å². The third kappa shape index (κ3) is 2.60. The maximum absolute atomic E-state index is 11.8. The van der Waals surface area contributed by atoms with Gasteiger partial charge < -0.3 is 9.47 Å². The Morgan fingerprint density at radius 1 is 1.05 bits per heavy atom. The van der Waals surface area contributed by atoms with E-state index in [2.05, 4.69) is 6.58 Å². The lowest BCUT2D eigenvalue weighted by molar-refractivity contribution is -0.113. The summed E-state index contributed by atoms with van der Waals surface area (Å²) in [5, 5.41) is 0. The molecule has 0 unspecified atom stereocenters. The van der Waals surface area contributed by atoms with Gasteiger partial charge in [0.1, 0.15) is 11.5 Å². The maximum Gasteiger partial charge on any atom is 0.161 e. The summed E-state index contributed by atoms with van der Waals surface area (Å²) >= 11 is 3.08. The van der Waals surface area contributed by atoms with Crippen molar-refractivity contribution in [2.45, 2.75) is 23.6 Å². The molecule has 2 rings (SSSR count). The molecule has 0 amide bonds. The molecule has 1 aliphatic heterocycles. The summed E-state index contributed by atoms with van der Waals surface area (Å²) in [6, 6.07) is 3.75. The van der Waals surface area contributed by atoms with E-state index in [1.807, 2.05) is 19.1 Å². The Balaban J connectivity index is 2.57. The van der Waals surface area contributed by atoms with Gasteiger partial charge >= 0.3 is 0 Å². The van der Waals surface area contributed by atoms with Crippen LogP contribution in [0.1, 0.15) is 13.8 Å². The number of methoxy groups -OCH3 is 2. The molecule has 3 nitrogen and oxygen atoms in total. The fourth-order valence-electron chi connectivity index (χ4n) is 1.97. The largest absolute Gasteiger partial charge is 0.496 e. The minimum Gasteiger partial charge on any atom is -0.496 e. The van der Waals surface area contributed by atoms with E-state index in [-0.39, 0.29) is 5.78 Å². The molecule has 1 aliphatic rings. The van der Waals surface area contributed by atoms with Crippen LogP contribution >= 0.6 is 23.5 Å². The molecule has 20 heavy (non-hydrogen) atoms. The number of rotatable bonds is 4. The molecule has 0 aromatic heterocycles. The maximum atomic E-state index is 11.8. The number of ketones is 1. The molecule has 0 spiro atoms. The van der Waals surface area contributed by atoms with Gasteiger partial charge in [-0.3, -0.25) is 4.79 Å². The van der Waals surface area contributed by atoms with Crippen LogP contribution in [0.2, 0.25) is 0 Å². The molecule has 1 heterocycles. The van der Waals surface area contributed by atoms with Crippen molar-refractivity contribution in [1.82, 2.24) is 0 Å². The Morgan fingerprint density at radius 3 is 1.80 bits per heavy atom. The molecular formula is C15H16O3S2. The Morgan fingerprint density at radius 2 is 1.50 bits per heavy atom. The summed E-state index contributed by atoms with van der Waals surface area (Å²) in [6.45, 7) is 7.32. The predicted molar refractivity (Wildman–Crippen MR) is 83.8 cm³/mol. The standard InChI is InChI=1S/C15H16O3S2/c1-8(2)12(9(3)16)15-19-13-10(17-4)6-7-11(18-5)14(13)20-15/h6-7H,1H2,2-5H3. The summed E-state index contributed by atoms with van der Waals surface area (Å²) in [5.74, 6) is 1.61. The van der Waals surface area contributed by atoms with Crippen molar-refractivity contribution in [3.63, 3.8) is 0 Å². The van der Waals surface area contributed by atoms with Crippen LogP contribution in [0.25, 0.3) is 0 Å². The van der Waals surface area contributed by atoms with Crippen LogP contribution in [-0.2, 0) is 4.79 Å². The normalized spacial score (nSPS) is 12.9. The van der Waals surface area contributed by atoms with E-state index in [1.165, 1.54) is 23.5 Å². The molecule has 0 bridgehead atoms. The number of thioether (sulfide) groups is 2. The smallest absolute Gasteiger partial charge is 0.161 e. The first-order valence-electron chi connectivity index (χ1n) is 6.01. The lowest BCUT2D eigenvalue weighted by atomic mass is 10.1. The van der Waals surface area contributed by atoms with E-state index in [4.69, 9.17) is 9.47 Å². The van der Waals surface area contributed by atoms with Crippen molar-refractivity contribution in [3.8, 4) is 11.5 Å². The average molecular weight is 308 g/mol. The first-order valence-corrected chi connectivity index (χ1v) is 7.64. The van der Waals surface area contributed by atoms with Crippen LogP contribution in [0, 0.1) is 0 Å². The van der Waals surface area contributed by atoms with Gasteiger partial charge in [0.25, 0.3) is 0 Å². The van der Waals surface area contributed by atoms with E-state index >= 15 is 0 Å². The monoisotopic (exact) mass is 308 g/mol. The van der Waals surface area contributed by atoms with Crippen molar-refractivity contribution in [2.24, 2.45) is 0 Å². The topological polar surface area (TPSA) is 35.5 Å². The van der Waals surface area contributed by atoms with E-state index in [0.717, 1.165) is 31.1 Å². The van der Waals surface area contributed by atoms with E-state index in [9.17, 15) is 4.79 Å². The lowest BCUT2D eigenvalue weighted by Gasteiger charge is -2.08. The van der Waals surface area contributed by atoms with Crippen LogP contribution in [0.3, 0.4) is 0 Å². The summed E-state index contributed by atoms with van der Waals surface area (Å²) < 4.78 is 11.7. The second kappa shape index (κ2) is 5.97. The van der Waals surface area contributed by atoms with Gasteiger partial charge in [0, 0.05) is 5.57 Å². The Kier molecular flexibility index (Phi) is 4.50. The number of hydrogen-bond acceptors (Lipinski definition) is 5. The minimum absolute atomic E-state index is 0.0261. The van der Waals surface area contributed by atoms with Crippen LogP contribution in [0.5, 0.6) is 11.5 Å². The fraction of sp³-hybridized carbons (Fsp3) is 0.267. The average Bonchev–Trinajstić information content (AvgIpc) is 2.80. The van der Waals surface area contributed by atoms with Gasteiger partial charge in [-0.25, -0.2) is 0 Å². The second-order valence-electron chi connectivity index (χ2n) is 4.33. The first kappa shape index (κ1) is 15.1. The molecule has 0 atom stereocenters. The minimum atomic E-state index is 0.0261. The van der Waals surface area contributed by atoms with Gasteiger partial charge in [-0.05, 0) is 31.6 Å². The molecule has 0 aliphatic carbocycles. The summed E-state index contributed by atoms with van der Waals surface area (Å²) in [4.78, 5) is 13.8.